The molecule has 0 aromatic heterocycles. The molecule has 2 unspecified atom stereocenters. The molecule has 1 rings (SSSR count). The van der Waals surface area contributed by atoms with Gasteiger partial charge in [-0.1, -0.05) is 13.3 Å². The Labute approximate surface area is 105 Å². The number of nitrogens with zero attached hydrogens (tertiary/aromatic N) is 1. The second-order valence-electron chi connectivity index (χ2n) is 5.12. The summed E-state index contributed by atoms with van der Waals surface area (Å²) in [6.07, 6.45) is 4.59. The molecular weight excluding hydrogens is 214 g/mol. The van der Waals surface area contributed by atoms with Crippen LogP contribution in [0.2, 0.25) is 0 Å². The summed E-state index contributed by atoms with van der Waals surface area (Å²) in [5, 5.41) is 6.35. The van der Waals surface area contributed by atoms with Gasteiger partial charge < -0.3 is 10.6 Å². The largest absolute Gasteiger partial charge is 0.353 e. The lowest BCUT2D eigenvalue weighted by atomic mass is 10.1. The first-order valence-corrected chi connectivity index (χ1v) is 6.84. The van der Waals surface area contributed by atoms with Crippen LogP contribution in [0.15, 0.2) is 0 Å². The summed E-state index contributed by atoms with van der Waals surface area (Å²) >= 11 is 0. The normalized spacial score (nSPS) is 23.4. The average Bonchev–Trinajstić information content (AvgIpc) is 2.29. The van der Waals surface area contributed by atoms with Crippen molar-refractivity contribution in [3.63, 3.8) is 0 Å². The maximum atomic E-state index is 11.8. The zero-order valence-corrected chi connectivity index (χ0v) is 11.5. The standard InChI is InChI=1S/C13H27N3O/c1-4-6-11(2)15-13(17)10-16-8-5-7-12(9-16)14-3/h11-12,14H,4-10H2,1-3H3,(H,15,17). The van der Waals surface area contributed by atoms with Gasteiger partial charge in [-0.25, -0.2) is 0 Å². The molecule has 1 aliphatic rings. The van der Waals surface area contributed by atoms with Crippen molar-refractivity contribution in [1.82, 2.24) is 15.5 Å². The van der Waals surface area contributed by atoms with Crippen LogP contribution in [0, 0.1) is 0 Å². The zero-order chi connectivity index (χ0) is 12.7. The number of rotatable bonds is 6. The Bertz CT molecular complexity index is 233. The van der Waals surface area contributed by atoms with Crippen LogP contribution in [0.4, 0.5) is 0 Å². The monoisotopic (exact) mass is 241 g/mol. The molecule has 0 aliphatic carbocycles. The van der Waals surface area contributed by atoms with E-state index in [4.69, 9.17) is 0 Å². The maximum absolute atomic E-state index is 11.8. The van der Waals surface area contributed by atoms with Crippen LogP contribution in [0.1, 0.15) is 39.5 Å². The van der Waals surface area contributed by atoms with Gasteiger partial charge in [0, 0.05) is 18.6 Å². The number of carbonyl (C=O) groups excluding carboxylic acids is 1. The molecule has 1 heterocycles. The van der Waals surface area contributed by atoms with Crippen molar-refractivity contribution in [1.29, 1.82) is 0 Å². The summed E-state index contributed by atoms with van der Waals surface area (Å²) in [6.45, 7) is 6.81. The molecule has 4 heteroatoms. The van der Waals surface area contributed by atoms with E-state index in [9.17, 15) is 4.79 Å². The van der Waals surface area contributed by atoms with E-state index in [-0.39, 0.29) is 5.91 Å². The summed E-state index contributed by atoms with van der Waals surface area (Å²) in [5.41, 5.74) is 0. The number of piperidine rings is 1. The van der Waals surface area contributed by atoms with Gasteiger partial charge in [-0.2, -0.15) is 0 Å². The van der Waals surface area contributed by atoms with Crippen molar-refractivity contribution >= 4 is 5.91 Å². The second-order valence-corrected chi connectivity index (χ2v) is 5.12. The van der Waals surface area contributed by atoms with Gasteiger partial charge in [-0.3, -0.25) is 9.69 Å². The maximum Gasteiger partial charge on any atom is 0.234 e. The van der Waals surface area contributed by atoms with E-state index < -0.39 is 0 Å². The van der Waals surface area contributed by atoms with E-state index in [1.54, 1.807) is 0 Å². The molecule has 0 aromatic carbocycles. The minimum Gasteiger partial charge on any atom is -0.353 e. The summed E-state index contributed by atoms with van der Waals surface area (Å²) in [7, 11) is 2.00. The smallest absolute Gasteiger partial charge is 0.234 e. The molecule has 17 heavy (non-hydrogen) atoms. The highest BCUT2D eigenvalue weighted by Crippen LogP contribution is 2.09. The lowest BCUT2D eigenvalue weighted by molar-refractivity contribution is -0.123. The van der Waals surface area contributed by atoms with Gasteiger partial charge in [0.05, 0.1) is 6.54 Å². The summed E-state index contributed by atoms with van der Waals surface area (Å²) in [5.74, 6) is 0.169. The summed E-state index contributed by atoms with van der Waals surface area (Å²) in [4.78, 5) is 14.1. The first-order chi connectivity index (χ1) is 8.15. The van der Waals surface area contributed by atoms with E-state index in [1.807, 2.05) is 7.05 Å². The van der Waals surface area contributed by atoms with E-state index in [0.717, 1.165) is 25.9 Å². The third kappa shape index (κ3) is 5.50. The van der Waals surface area contributed by atoms with Gasteiger partial charge in [0.1, 0.15) is 0 Å². The SMILES string of the molecule is CCCC(C)NC(=O)CN1CCCC(NC)C1. The van der Waals surface area contributed by atoms with Crippen molar-refractivity contribution in [2.75, 3.05) is 26.7 Å². The molecule has 0 radical (unpaired) electrons. The molecule has 0 saturated carbocycles. The third-order valence-corrected chi connectivity index (χ3v) is 3.41. The fourth-order valence-electron chi connectivity index (χ4n) is 2.46. The number of likely N-dealkylation sites (tertiary alicyclic amines) is 1. The first-order valence-electron chi connectivity index (χ1n) is 6.84. The second kappa shape index (κ2) is 7.67. The molecule has 100 valence electrons. The molecule has 0 aromatic rings. The molecular formula is C13H27N3O. The summed E-state index contributed by atoms with van der Waals surface area (Å²) in [6, 6.07) is 0.849. The topological polar surface area (TPSA) is 44.4 Å². The molecule has 1 amide bonds. The van der Waals surface area contributed by atoms with Gasteiger partial charge in [0.25, 0.3) is 0 Å². The molecule has 2 N–H and O–H groups in total. The number of hydrogen-bond donors (Lipinski definition) is 2. The van der Waals surface area contributed by atoms with Crippen LogP contribution in [-0.4, -0.2) is 49.6 Å². The Balaban J connectivity index is 2.25. The van der Waals surface area contributed by atoms with Gasteiger partial charge in [-0.05, 0) is 39.8 Å². The molecule has 1 aliphatic heterocycles. The van der Waals surface area contributed by atoms with E-state index >= 15 is 0 Å². The number of carbonyl (C=O) groups is 1. The predicted octanol–water partition coefficient (Wildman–Crippen LogP) is 0.975. The van der Waals surface area contributed by atoms with Crippen molar-refractivity contribution in [3.05, 3.63) is 0 Å². The fourth-order valence-corrected chi connectivity index (χ4v) is 2.46. The van der Waals surface area contributed by atoms with Gasteiger partial charge >= 0.3 is 0 Å². The van der Waals surface area contributed by atoms with Crippen molar-refractivity contribution < 1.29 is 4.79 Å². The van der Waals surface area contributed by atoms with Crippen LogP contribution in [0.5, 0.6) is 0 Å². The molecule has 0 spiro atoms. The lowest BCUT2D eigenvalue weighted by Gasteiger charge is -2.32. The molecule has 1 fully saturated rings. The lowest BCUT2D eigenvalue weighted by Crippen LogP contribution is -2.48. The van der Waals surface area contributed by atoms with Gasteiger partial charge in [0.15, 0.2) is 0 Å². The molecule has 0 bridgehead atoms. The number of amides is 1. The Morgan fingerprint density at radius 2 is 2.29 bits per heavy atom. The highest BCUT2D eigenvalue weighted by atomic mass is 16.2. The quantitative estimate of drug-likeness (QED) is 0.728. The van der Waals surface area contributed by atoms with Crippen LogP contribution < -0.4 is 10.6 Å². The molecule has 2 atom stereocenters. The third-order valence-electron chi connectivity index (χ3n) is 3.41. The number of nitrogens with one attached hydrogen (secondary N) is 2. The molecule has 1 saturated heterocycles. The highest BCUT2D eigenvalue weighted by Gasteiger charge is 2.20. The Morgan fingerprint density at radius 1 is 1.53 bits per heavy atom. The van der Waals surface area contributed by atoms with Crippen molar-refractivity contribution in [2.24, 2.45) is 0 Å². The summed E-state index contributed by atoms with van der Waals surface area (Å²) < 4.78 is 0. The van der Waals surface area contributed by atoms with E-state index in [0.29, 0.717) is 18.6 Å². The van der Waals surface area contributed by atoms with E-state index in [1.165, 1.54) is 12.8 Å². The minimum atomic E-state index is 0.169. The number of hydrogen-bond acceptors (Lipinski definition) is 3. The van der Waals surface area contributed by atoms with E-state index in [2.05, 4.69) is 29.4 Å². The van der Waals surface area contributed by atoms with Crippen LogP contribution in [0.25, 0.3) is 0 Å². The Morgan fingerprint density at radius 3 is 2.94 bits per heavy atom. The predicted molar refractivity (Wildman–Crippen MR) is 71.0 cm³/mol. The zero-order valence-electron chi connectivity index (χ0n) is 11.5. The average molecular weight is 241 g/mol. The van der Waals surface area contributed by atoms with Gasteiger partial charge in [0.2, 0.25) is 5.91 Å². The highest BCUT2D eigenvalue weighted by molar-refractivity contribution is 5.78. The Kier molecular flexibility index (Phi) is 6.52. The van der Waals surface area contributed by atoms with Crippen LogP contribution in [-0.2, 0) is 4.79 Å². The molecule has 4 nitrogen and oxygen atoms in total. The Hall–Kier alpha value is -0.610. The van der Waals surface area contributed by atoms with Crippen molar-refractivity contribution in [3.8, 4) is 0 Å². The van der Waals surface area contributed by atoms with Crippen molar-refractivity contribution in [2.45, 2.75) is 51.6 Å². The van der Waals surface area contributed by atoms with Gasteiger partial charge in [-0.15, -0.1) is 0 Å². The first kappa shape index (κ1) is 14.5. The number of likely N-dealkylation sites (N-methyl/N-ethyl adjacent to an activating group) is 1. The fraction of sp³-hybridized carbons (Fsp3) is 0.923. The van der Waals surface area contributed by atoms with Crippen LogP contribution >= 0.6 is 0 Å². The minimum absolute atomic E-state index is 0.169. The van der Waals surface area contributed by atoms with Crippen LogP contribution in [0.3, 0.4) is 0 Å².